The number of hydrogen-bond donors (Lipinski definition) is 0. The topological polar surface area (TPSA) is 0 Å². The monoisotopic (exact) mass is 443 g/mol. The normalized spacial score (nSPS) is 15.6. The number of fused-ring (bicyclic) bond motifs is 2. The third-order valence-electron chi connectivity index (χ3n) is 7.25. The van der Waals surface area contributed by atoms with Crippen molar-refractivity contribution in [3.63, 3.8) is 0 Å². The molecule has 0 saturated heterocycles. The fourth-order valence-corrected chi connectivity index (χ4v) is 5.16. The van der Waals surface area contributed by atoms with Crippen LogP contribution in [0.4, 0.5) is 0 Å². The molecule has 0 aliphatic heterocycles. The Hall–Kier alpha value is -2.60. The van der Waals surface area contributed by atoms with Crippen molar-refractivity contribution in [2.45, 2.75) is 58.3 Å². The molecule has 0 atom stereocenters. The summed E-state index contributed by atoms with van der Waals surface area (Å²) in [6.07, 6.45) is 8.87. The summed E-state index contributed by atoms with van der Waals surface area (Å²) >= 11 is 0. The molecule has 171 valence electrons. The van der Waals surface area contributed by atoms with Crippen LogP contribution in [0.1, 0.15) is 69.7 Å². The van der Waals surface area contributed by atoms with Crippen molar-refractivity contribution in [2.75, 3.05) is 0 Å². The lowest BCUT2D eigenvalue weighted by atomic mass is 9.78. The van der Waals surface area contributed by atoms with E-state index in [-0.39, 0.29) is 16.7 Å². The van der Waals surface area contributed by atoms with Crippen molar-refractivity contribution in [3.8, 4) is 22.3 Å². The SMILES string of the molecule is CC(C)(C)c1ccc2ccc(C([C]3[CH][CH][CH][CH]3)c3ccc4ccc(C(C)(C)C)ccc3-4)c-2cc1. The fraction of sp³-hybridized carbons (Fsp3) is 0.265. The van der Waals surface area contributed by atoms with Crippen LogP contribution in [0.25, 0.3) is 22.3 Å². The van der Waals surface area contributed by atoms with Gasteiger partial charge in [0.15, 0.2) is 0 Å². The molecule has 5 aliphatic carbocycles. The lowest BCUT2D eigenvalue weighted by Gasteiger charge is -2.24. The van der Waals surface area contributed by atoms with Gasteiger partial charge in [0.2, 0.25) is 0 Å². The first-order valence-electron chi connectivity index (χ1n) is 12.4. The molecule has 0 aromatic carbocycles. The molecule has 1 fully saturated rings. The molecule has 0 spiro atoms. The van der Waals surface area contributed by atoms with Gasteiger partial charge >= 0.3 is 0 Å². The van der Waals surface area contributed by atoms with E-state index in [9.17, 15) is 0 Å². The van der Waals surface area contributed by atoms with Crippen molar-refractivity contribution < 1.29 is 0 Å². The molecule has 5 radical (unpaired) electrons. The van der Waals surface area contributed by atoms with E-state index in [0.29, 0.717) is 0 Å². The van der Waals surface area contributed by atoms with Gasteiger partial charge in [-0.25, -0.2) is 0 Å². The highest BCUT2D eigenvalue weighted by atomic mass is 14.4. The van der Waals surface area contributed by atoms with Crippen LogP contribution >= 0.6 is 0 Å². The van der Waals surface area contributed by atoms with Crippen LogP contribution in [0.15, 0.2) is 72.8 Å². The Labute approximate surface area is 207 Å². The van der Waals surface area contributed by atoms with Gasteiger partial charge in [0, 0.05) is 5.92 Å². The maximum atomic E-state index is 2.34. The van der Waals surface area contributed by atoms with Crippen LogP contribution in [0.2, 0.25) is 0 Å². The predicted molar refractivity (Wildman–Crippen MR) is 146 cm³/mol. The maximum Gasteiger partial charge on any atom is 0.0170 e. The minimum Gasteiger partial charge on any atom is -0.0579 e. The second kappa shape index (κ2) is 8.56. The Balaban J connectivity index is 1.66. The average molecular weight is 444 g/mol. The molecule has 0 heterocycles. The largest absolute Gasteiger partial charge is 0.0579 e. The van der Waals surface area contributed by atoms with Crippen molar-refractivity contribution in [1.82, 2.24) is 0 Å². The molecule has 34 heavy (non-hydrogen) atoms. The minimum absolute atomic E-state index is 0.128. The van der Waals surface area contributed by atoms with Crippen LogP contribution < -0.4 is 0 Å². The summed E-state index contributed by atoms with van der Waals surface area (Å²) in [6.45, 7) is 13.7. The van der Waals surface area contributed by atoms with Gasteiger partial charge in [0.25, 0.3) is 0 Å². The Kier molecular flexibility index (Phi) is 5.83. The highest BCUT2D eigenvalue weighted by Crippen LogP contribution is 2.49. The molecule has 5 aliphatic rings. The van der Waals surface area contributed by atoms with E-state index in [4.69, 9.17) is 0 Å². The molecule has 0 amide bonds. The van der Waals surface area contributed by atoms with Gasteiger partial charge in [0.05, 0.1) is 0 Å². The van der Waals surface area contributed by atoms with E-state index in [1.807, 2.05) is 0 Å². The van der Waals surface area contributed by atoms with E-state index in [1.165, 1.54) is 50.4 Å². The predicted octanol–water partition coefficient (Wildman–Crippen LogP) is 9.03. The van der Waals surface area contributed by atoms with Gasteiger partial charge < -0.3 is 0 Å². The second-order valence-electron chi connectivity index (χ2n) is 11.7. The van der Waals surface area contributed by atoms with Crippen molar-refractivity contribution in [3.05, 3.63) is 127 Å². The van der Waals surface area contributed by atoms with Gasteiger partial charge in [-0.3, -0.25) is 0 Å². The van der Waals surface area contributed by atoms with Gasteiger partial charge in [-0.15, -0.1) is 0 Å². The van der Waals surface area contributed by atoms with E-state index in [2.05, 4.69) is 140 Å². The summed E-state index contributed by atoms with van der Waals surface area (Å²) in [6, 6.07) is 27.7. The standard InChI is InChI=1S/C34H35/c1-33(2,3)26-15-11-23-13-19-30(28(23)21-17-26)32(25-9-7-8-10-25)31-20-14-24-12-16-27(34(4,5)6)18-22-29(24)31/h7-22,32H,1-6H3. The zero-order chi connectivity index (χ0) is 24.1. The fourth-order valence-electron chi connectivity index (χ4n) is 5.16. The molecule has 0 unspecified atom stereocenters. The summed E-state index contributed by atoms with van der Waals surface area (Å²) in [4.78, 5) is 0. The summed E-state index contributed by atoms with van der Waals surface area (Å²) in [5.74, 6) is 1.55. The highest BCUT2D eigenvalue weighted by molar-refractivity contribution is 5.78. The van der Waals surface area contributed by atoms with E-state index < -0.39 is 0 Å². The van der Waals surface area contributed by atoms with Gasteiger partial charge in [-0.05, 0) is 86.9 Å². The third kappa shape index (κ3) is 4.28. The average Bonchev–Trinajstić information content (AvgIpc) is 3.43. The quantitative estimate of drug-likeness (QED) is 0.296. The van der Waals surface area contributed by atoms with Crippen LogP contribution in [-0.2, 0) is 10.8 Å². The molecule has 5 rings (SSSR count). The third-order valence-corrected chi connectivity index (χ3v) is 7.25. The van der Waals surface area contributed by atoms with Crippen LogP contribution in [-0.4, -0.2) is 0 Å². The van der Waals surface area contributed by atoms with Gasteiger partial charge in [0.1, 0.15) is 0 Å². The van der Waals surface area contributed by atoms with Crippen LogP contribution in [0.3, 0.4) is 0 Å². The summed E-state index contributed by atoms with van der Waals surface area (Å²) in [7, 11) is 0. The Morgan fingerprint density at radius 2 is 0.853 bits per heavy atom. The first-order valence-corrected chi connectivity index (χ1v) is 12.4. The molecule has 0 N–H and O–H groups in total. The molecule has 0 heteroatoms. The Bertz CT molecular complexity index is 1130. The smallest absolute Gasteiger partial charge is 0.0170 e. The molecule has 0 nitrogen and oxygen atoms in total. The number of hydrogen-bond acceptors (Lipinski definition) is 0. The van der Waals surface area contributed by atoms with E-state index in [1.54, 1.807) is 0 Å². The van der Waals surface area contributed by atoms with Crippen molar-refractivity contribution in [2.24, 2.45) is 0 Å². The number of rotatable bonds is 3. The van der Waals surface area contributed by atoms with Gasteiger partial charge in [-0.1, -0.05) is 114 Å². The van der Waals surface area contributed by atoms with Crippen molar-refractivity contribution >= 4 is 0 Å². The minimum atomic E-state index is 0.128. The Morgan fingerprint density at radius 3 is 1.26 bits per heavy atom. The zero-order valence-electron chi connectivity index (χ0n) is 21.3. The van der Waals surface area contributed by atoms with Crippen LogP contribution in [0.5, 0.6) is 0 Å². The maximum absolute atomic E-state index is 2.34. The first-order chi connectivity index (χ1) is 16.1. The molecule has 0 aromatic heterocycles. The van der Waals surface area contributed by atoms with Gasteiger partial charge in [-0.2, -0.15) is 0 Å². The molecule has 0 aromatic rings. The summed E-state index contributed by atoms with van der Waals surface area (Å²) in [5.41, 5.74) is 11.0. The molecular weight excluding hydrogens is 408 g/mol. The summed E-state index contributed by atoms with van der Waals surface area (Å²) in [5, 5.41) is 0. The van der Waals surface area contributed by atoms with Crippen molar-refractivity contribution in [1.29, 1.82) is 0 Å². The highest BCUT2D eigenvalue weighted by Gasteiger charge is 2.33. The lowest BCUT2D eigenvalue weighted by molar-refractivity contribution is 0.590. The lowest BCUT2D eigenvalue weighted by Crippen LogP contribution is -2.11. The Morgan fingerprint density at radius 1 is 0.471 bits per heavy atom. The van der Waals surface area contributed by atoms with E-state index in [0.717, 1.165) is 0 Å². The zero-order valence-corrected chi connectivity index (χ0v) is 21.3. The van der Waals surface area contributed by atoms with Crippen LogP contribution in [0, 0.1) is 31.6 Å². The molecule has 0 bridgehead atoms. The molecule has 1 saturated carbocycles. The first kappa shape index (κ1) is 23.2. The second-order valence-corrected chi connectivity index (χ2v) is 11.7. The summed E-state index contributed by atoms with van der Waals surface area (Å²) < 4.78 is 0. The molecular formula is C34H35. The van der Waals surface area contributed by atoms with E-state index >= 15 is 0 Å².